The standard InChI is InChI=1S/C19H27NO4S/c1-19(2,3)24-18(22)20-14-10-15(17(21)23-4)16(11-14)25-12-13-8-6-5-7-9-13/h5-9,14-16H,10-12H2,1-4H3,(H,20,22). The van der Waals surface area contributed by atoms with Crippen LogP contribution in [-0.4, -0.2) is 36.1 Å². The Bertz CT molecular complexity index is 585. The van der Waals surface area contributed by atoms with Gasteiger partial charge in [0.2, 0.25) is 0 Å². The minimum Gasteiger partial charge on any atom is -0.469 e. The summed E-state index contributed by atoms with van der Waals surface area (Å²) in [6.45, 7) is 5.49. The van der Waals surface area contributed by atoms with Gasteiger partial charge >= 0.3 is 12.1 Å². The van der Waals surface area contributed by atoms with E-state index in [-0.39, 0.29) is 23.2 Å². The summed E-state index contributed by atoms with van der Waals surface area (Å²) < 4.78 is 10.3. The number of hydrogen-bond acceptors (Lipinski definition) is 5. The van der Waals surface area contributed by atoms with E-state index < -0.39 is 11.7 Å². The molecule has 138 valence electrons. The quantitative estimate of drug-likeness (QED) is 0.805. The van der Waals surface area contributed by atoms with Gasteiger partial charge in [-0.3, -0.25) is 4.79 Å². The van der Waals surface area contributed by atoms with Crippen LogP contribution in [0.2, 0.25) is 0 Å². The highest BCUT2D eigenvalue weighted by atomic mass is 32.2. The number of esters is 1. The Kier molecular flexibility index (Phi) is 6.76. The van der Waals surface area contributed by atoms with Gasteiger partial charge in [-0.05, 0) is 39.2 Å². The number of ether oxygens (including phenoxy) is 2. The molecule has 0 radical (unpaired) electrons. The highest BCUT2D eigenvalue weighted by Crippen LogP contribution is 2.37. The third-order valence-corrected chi connectivity index (χ3v) is 5.48. The molecule has 2 rings (SSSR count). The smallest absolute Gasteiger partial charge is 0.407 e. The van der Waals surface area contributed by atoms with Crippen molar-refractivity contribution in [2.24, 2.45) is 5.92 Å². The number of methoxy groups -OCH3 is 1. The summed E-state index contributed by atoms with van der Waals surface area (Å²) in [6, 6.07) is 10.1. The molecule has 1 aliphatic rings. The van der Waals surface area contributed by atoms with Crippen LogP contribution in [-0.2, 0) is 20.0 Å². The summed E-state index contributed by atoms with van der Waals surface area (Å²) in [5.41, 5.74) is 0.686. The molecule has 0 saturated heterocycles. The summed E-state index contributed by atoms with van der Waals surface area (Å²) in [6.07, 6.45) is 0.879. The van der Waals surface area contributed by atoms with E-state index in [1.54, 1.807) is 11.8 Å². The molecule has 0 bridgehead atoms. The van der Waals surface area contributed by atoms with Crippen LogP contribution in [0.25, 0.3) is 0 Å². The zero-order valence-electron chi connectivity index (χ0n) is 15.3. The number of amides is 1. The molecule has 3 atom stereocenters. The van der Waals surface area contributed by atoms with Crippen molar-refractivity contribution in [2.45, 2.75) is 56.3 Å². The summed E-state index contributed by atoms with van der Waals surface area (Å²) in [5, 5.41) is 3.01. The highest BCUT2D eigenvalue weighted by Gasteiger charge is 2.40. The number of nitrogens with one attached hydrogen (secondary N) is 1. The summed E-state index contributed by atoms with van der Waals surface area (Å²) in [4.78, 5) is 24.1. The van der Waals surface area contributed by atoms with Crippen molar-refractivity contribution in [3.63, 3.8) is 0 Å². The second-order valence-corrected chi connectivity index (χ2v) is 8.51. The molecule has 5 nitrogen and oxygen atoms in total. The number of thioether (sulfide) groups is 1. The minimum atomic E-state index is -0.536. The number of benzene rings is 1. The fraction of sp³-hybridized carbons (Fsp3) is 0.579. The van der Waals surface area contributed by atoms with Crippen molar-refractivity contribution >= 4 is 23.8 Å². The van der Waals surface area contributed by atoms with E-state index in [0.29, 0.717) is 6.42 Å². The Hall–Kier alpha value is -1.69. The highest BCUT2D eigenvalue weighted by molar-refractivity contribution is 7.99. The van der Waals surface area contributed by atoms with Crippen molar-refractivity contribution in [3.05, 3.63) is 35.9 Å². The zero-order chi connectivity index (χ0) is 18.4. The van der Waals surface area contributed by atoms with Crippen LogP contribution >= 0.6 is 11.8 Å². The average molecular weight is 365 g/mol. The number of rotatable bonds is 5. The molecule has 3 unspecified atom stereocenters. The Balaban J connectivity index is 1.95. The minimum absolute atomic E-state index is 0.0766. The van der Waals surface area contributed by atoms with Gasteiger partial charge in [-0.15, -0.1) is 0 Å². The molecule has 1 N–H and O–H groups in total. The number of alkyl carbamates (subject to hydrolysis) is 1. The second-order valence-electron chi connectivity index (χ2n) is 7.28. The summed E-state index contributed by atoms with van der Waals surface area (Å²) >= 11 is 1.74. The molecule has 1 aromatic rings. The first-order chi connectivity index (χ1) is 11.8. The van der Waals surface area contributed by atoms with Gasteiger partial charge in [0.05, 0.1) is 13.0 Å². The van der Waals surface area contributed by atoms with Crippen LogP contribution in [0.15, 0.2) is 30.3 Å². The number of carbonyl (C=O) groups excluding carboxylic acids is 2. The first kappa shape index (κ1) is 19.6. The van der Waals surface area contributed by atoms with Gasteiger partial charge in [0.1, 0.15) is 5.60 Å². The predicted molar refractivity (Wildman–Crippen MR) is 99.4 cm³/mol. The van der Waals surface area contributed by atoms with Crippen molar-refractivity contribution < 1.29 is 19.1 Å². The third kappa shape index (κ3) is 6.27. The van der Waals surface area contributed by atoms with Crippen LogP contribution in [0.4, 0.5) is 4.79 Å². The molecule has 1 saturated carbocycles. The molecular weight excluding hydrogens is 338 g/mol. The summed E-state index contributed by atoms with van der Waals surface area (Å²) in [5.74, 6) is 0.413. The summed E-state index contributed by atoms with van der Waals surface area (Å²) in [7, 11) is 1.41. The maximum absolute atomic E-state index is 12.1. The lowest BCUT2D eigenvalue weighted by Crippen LogP contribution is -2.38. The largest absolute Gasteiger partial charge is 0.469 e. The van der Waals surface area contributed by atoms with Gasteiger partial charge in [-0.2, -0.15) is 11.8 Å². The van der Waals surface area contributed by atoms with Crippen molar-refractivity contribution in [1.29, 1.82) is 0 Å². The van der Waals surface area contributed by atoms with E-state index in [1.807, 2.05) is 39.0 Å². The molecule has 1 amide bonds. The molecule has 6 heteroatoms. The first-order valence-electron chi connectivity index (χ1n) is 8.51. The molecule has 0 aromatic heterocycles. The molecular formula is C19H27NO4S. The van der Waals surface area contributed by atoms with Gasteiger partial charge in [0.15, 0.2) is 0 Å². The van der Waals surface area contributed by atoms with Crippen molar-refractivity contribution in [3.8, 4) is 0 Å². The first-order valence-corrected chi connectivity index (χ1v) is 9.56. The van der Waals surface area contributed by atoms with E-state index in [4.69, 9.17) is 9.47 Å². The molecule has 25 heavy (non-hydrogen) atoms. The molecule has 1 aliphatic carbocycles. The fourth-order valence-electron chi connectivity index (χ4n) is 2.95. The van der Waals surface area contributed by atoms with Gasteiger partial charge in [-0.25, -0.2) is 4.79 Å². The second kappa shape index (κ2) is 8.61. The van der Waals surface area contributed by atoms with E-state index in [9.17, 15) is 9.59 Å². The Morgan fingerprint density at radius 2 is 1.88 bits per heavy atom. The third-order valence-electron chi connectivity index (χ3n) is 4.04. The van der Waals surface area contributed by atoms with Gasteiger partial charge in [0.25, 0.3) is 0 Å². The van der Waals surface area contributed by atoms with Crippen LogP contribution in [0.1, 0.15) is 39.2 Å². The SMILES string of the molecule is COC(=O)C1CC(NC(=O)OC(C)(C)C)CC1SCc1ccccc1. The normalized spacial score (nSPS) is 23.1. The van der Waals surface area contributed by atoms with Crippen LogP contribution in [0.5, 0.6) is 0 Å². The lowest BCUT2D eigenvalue weighted by Gasteiger charge is -2.21. The Morgan fingerprint density at radius 3 is 2.48 bits per heavy atom. The maximum Gasteiger partial charge on any atom is 0.407 e. The Labute approximate surface area is 153 Å². The topological polar surface area (TPSA) is 64.6 Å². The molecule has 1 aromatic carbocycles. The van der Waals surface area contributed by atoms with Gasteiger partial charge in [-0.1, -0.05) is 30.3 Å². The molecule has 0 aliphatic heterocycles. The molecule has 1 fully saturated rings. The van der Waals surface area contributed by atoms with E-state index >= 15 is 0 Å². The van der Waals surface area contributed by atoms with Gasteiger partial charge in [0, 0.05) is 17.0 Å². The lowest BCUT2D eigenvalue weighted by molar-refractivity contribution is -0.145. The van der Waals surface area contributed by atoms with E-state index in [0.717, 1.165) is 12.2 Å². The van der Waals surface area contributed by atoms with Gasteiger partial charge < -0.3 is 14.8 Å². The van der Waals surface area contributed by atoms with Crippen LogP contribution in [0.3, 0.4) is 0 Å². The van der Waals surface area contributed by atoms with E-state index in [2.05, 4.69) is 17.4 Å². The molecule has 0 spiro atoms. The fourth-order valence-corrected chi connectivity index (χ4v) is 4.37. The molecule has 0 heterocycles. The van der Waals surface area contributed by atoms with Crippen LogP contribution in [0, 0.1) is 5.92 Å². The predicted octanol–water partition coefficient (Wildman–Crippen LogP) is 3.76. The average Bonchev–Trinajstić information content (AvgIpc) is 2.94. The lowest BCUT2D eigenvalue weighted by atomic mass is 10.1. The zero-order valence-corrected chi connectivity index (χ0v) is 16.1. The maximum atomic E-state index is 12.1. The number of carbonyl (C=O) groups is 2. The number of hydrogen-bond donors (Lipinski definition) is 1. The Morgan fingerprint density at radius 1 is 1.20 bits per heavy atom. The van der Waals surface area contributed by atoms with Crippen molar-refractivity contribution in [2.75, 3.05) is 7.11 Å². The van der Waals surface area contributed by atoms with Crippen LogP contribution < -0.4 is 5.32 Å². The van der Waals surface area contributed by atoms with Crippen molar-refractivity contribution in [1.82, 2.24) is 5.32 Å². The monoisotopic (exact) mass is 365 g/mol. The van der Waals surface area contributed by atoms with E-state index in [1.165, 1.54) is 12.7 Å².